The van der Waals surface area contributed by atoms with E-state index in [4.69, 9.17) is 4.74 Å². The summed E-state index contributed by atoms with van der Waals surface area (Å²) in [5, 5.41) is 5.95. The van der Waals surface area contributed by atoms with Gasteiger partial charge in [-0.3, -0.25) is 10.1 Å². The lowest BCUT2D eigenvalue weighted by Gasteiger charge is -2.15. The minimum atomic E-state index is -0.456. The predicted molar refractivity (Wildman–Crippen MR) is 105 cm³/mol. The topological polar surface area (TPSA) is 62.7 Å². The maximum atomic E-state index is 13.4. The van der Waals surface area contributed by atoms with Crippen LogP contribution in [0.2, 0.25) is 0 Å². The first-order chi connectivity index (χ1) is 13.0. The first kappa shape index (κ1) is 19.0. The number of carbonyl (C=O) groups is 1. The minimum Gasteiger partial charge on any atom is -0.376 e. The first-order valence-corrected chi connectivity index (χ1v) is 9.08. The molecule has 0 spiro atoms. The van der Waals surface area contributed by atoms with E-state index < -0.39 is 11.7 Å². The van der Waals surface area contributed by atoms with Gasteiger partial charge < -0.3 is 10.1 Å². The van der Waals surface area contributed by atoms with Crippen LogP contribution in [0.5, 0.6) is 0 Å². The molecule has 0 aromatic heterocycles. The zero-order valence-corrected chi connectivity index (χ0v) is 15.6. The molecular formula is C21H24FN3O2. The number of carbonyl (C=O) groups excluding carboxylic acids is 1. The van der Waals surface area contributed by atoms with Gasteiger partial charge in [-0.1, -0.05) is 18.2 Å². The molecule has 0 bridgehead atoms. The molecule has 1 aliphatic heterocycles. The molecule has 1 aliphatic rings. The van der Waals surface area contributed by atoms with E-state index >= 15 is 0 Å². The third kappa shape index (κ3) is 5.37. The average Bonchev–Trinajstić information content (AvgIpc) is 3.16. The van der Waals surface area contributed by atoms with Crippen molar-refractivity contribution in [3.8, 4) is 0 Å². The molecule has 0 unspecified atom stereocenters. The number of nitrogens with zero attached hydrogens (tertiary/aromatic N) is 1. The van der Waals surface area contributed by atoms with Gasteiger partial charge >= 0.3 is 0 Å². The molecule has 0 saturated carbocycles. The standard InChI is InChI=1S/C21H24FN3O2/c1-14-8-9-15(2)19(11-14)24-21(23-13-18-7-4-10-27-18)25-20(26)16-5-3-6-17(22)12-16/h3,5-6,8-9,11-12,18H,4,7,10,13H2,1-2H3,(H2,23,24,25,26)/t18-/m0/s1. The van der Waals surface area contributed by atoms with Gasteiger partial charge in [0.1, 0.15) is 5.82 Å². The monoisotopic (exact) mass is 369 g/mol. The highest BCUT2D eigenvalue weighted by molar-refractivity contribution is 6.10. The Kier molecular flexibility index (Phi) is 6.19. The number of halogens is 1. The number of ether oxygens (including phenoxy) is 1. The Labute approximate surface area is 158 Å². The summed E-state index contributed by atoms with van der Waals surface area (Å²) in [5.74, 6) is -0.546. The number of aryl methyl sites for hydroxylation is 2. The summed E-state index contributed by atoms with van der Waals surface area (Å²) in [6.07, 6.45) is 2.04. The molecule has 1 heterocycles. The molecule has 2 aromatic rings. The van der Waals surface area contributed by atoms with Gasteiger partial charge in [-0.2, -0.15) is 0 Å². The fourth-order valence-electron chi connectivity index (χ4n) is 2.90. The molecule has 2 aromatic carbocycles. The van der Waals surface area contributed by atoms with E-state index in [0.717, 1.165) is 36.3 Å². The van der Waals surface area contributed by atoms with Gasteiger partial charge in [-0.15, -0.1) is 0 Å². The summed E-state index contributed by atoms with van der Waals surface area (Å²) in [6.45, 7) is 5.18. The number of amides is 1. The van der Waals surface area contributed by atoms with Gasteiger partial charge in [-0.25, -0.2) is 9.38 Å². The van der Waals surface area contributed by atoms with Crippen molar-refractivity contribution in [2.45, 2.75) is 32.8 Å². The smallest absolute Gasteiger partial charge is 0.258 e. The summed E-state index contributed by atoms with van der Waals surface area (Å²) in [7, 11) is 0. The third-order valence-electron chi connectivity index (χ3n) is 4.44. The van der Waals surface area contributed by atoms with Gasteiger partial charge in [0, 0.05) is 17.9 Å². The normalized spacial score (nSPS) is 17.0. The summed E-state index contributed by atoms with van der Waals surface area (Å²) in [6, 6.07) is 11.6. The number of benzene rings is 2. The second-order valence-corrected chi connectivity index (χ2v) is 6.73. The molecule has 27 heavy (non-hydrogen) atoms. The highest BCUT2D eigenvalue weighted by Gasteiger charge is 2.16. The van der Waals surface area contributed by atoms with Gasteiger partial charge in [-0.05, 0) is 62.1 Å². The molecule has 1 fully saturated rings. The van der Waals surface area contributed by atoms with Crippen molar-refractivity contribution in [3.05, 3.63) is 65.0 Å². The van der Waals surface area contributed by atoms with Crippen molar-refractivity contribution < 1.29 is 13.9 Å². The molecular weight excluding hydrogens is 345 g/mol. The van der Waals surface area contributed by atoms with Crippen LogP contribution in [0.15, 0.2) is 47.5 Å². The van der Waals surface area contributed by atoms with Crippen LogP contribution in [0.3, 0.4) is 0 Å². The van der Waals surface area contributed by atoms with Crippen molar-refractivity contribution in [1.82, 2.24) is 5.32 Å². The number of guanidine groups is 1. The summed E-state index contributed by atoms with van der Waals surface area (Å²) in [4.78, 5) is 17.0. The SMILES string of the molecule is Cc1ccc(C)c(NC(=NC[C@@H]2CCCO2)NC(=O)c2cccc(F)c2)c1. The fraction of sp³-hybridized carbons (Fsp3) is 0.333. The zero-order valence-electron chi connectivity index (χ0n) is 15.6. The highest BCUT2D eigenvalue weighted by Crippen LogP contribution is 2.17. The second kappa shape index (κ2) is 8.77. The number of rotatable bonds is 4. The second-order valence-electron chi connectivity index (χ2n) is 6.73. The molecule has 0 radical (unpaired) electrons. The molecule has 1 amide bonds. The maximum absolute atomic E-state index is 13.4. The molecule has 5 nitrogen and oxygen atoms in total. The quantitative estimate of drug-likeness (QED) is 0.636. The van der Waals surface area contributed by atoms with Crippen LogP contribution in [-0.4, -0.2) is 31.1 Å². The molecule has 2 N–H and O–H groups in total. The van der Waals surface area contributed by atoms with E-state index in [1.807, 2.05) is 32.0 Å². The van der Waals surface area contributed by atoms with Crippen LogP contribution in [0.1, 0.15) is 34.3 Å². The molecule has 1 atom stereocenters. The van der Waals surface area contributed by atoms with Crippen molar-refractivity contribution in [2.24, 2.45) is 4.99 Å². The summed E-state index contributed by atoms with van der Waals surface area (Å²) >= 11 is 0. The average molecular weight is 369 g/mol. The molecule has 3 rings (SSSR count). The molecule has 142 valence electrons. The lowest BCUT2D eigenvalue weighted by atomic mass is 10.1. The largest absolute Gasteiger partial charge is 0.376 e. The van der Waals surface area contributed by atoms with Gasteiger partial charge in [0.05, 0.1) is 12.6 Å². The van der Waals surface area contributed by atoms with Crippen LogP contribution >= 0.6 is 0 Å². The van der Waals surface area contributed by atoms with Crippen LogP contribution in [0.4, 0.5) is 10.1 Å². The third-order valence-corrected chi connectivity index (χ3v) is 4.44. The zero-order chi connectivity index (χ0) is 19.2. The Morgan fingerprint density at radius 1 is 1.26 bits per heavy atom. The Bertz CT molecular complexity index is 845. The Morgan fingerprint density at radius 3 is 2.85 bits per heavy atom. The Balaban J connectivity index is 1.79. The summed E-state index contributed by atoms with van der Waals surface area (Å²) < 4.78 is 19.0. The van der Waals surface area contributed by atoms with E-state index in [9.17, 15) is 9.18 Å². The van der Waals surface area contributed by atoms with E-state index in [1.54, 1.807) is 6.07 Å². The minimum absolute atomic E-state index is 0.0616. The number of aliphatic imine (C=N–C) groups is 1. The van der Waals surface area contributed by atoms with Crippen molar-refractivity contribution in [2.75, 3.05) is 18.5 Å². The van der Waals surface area contributed by atoms with Gasteiger partial charge in [0.25, 0.3) is 5.91 Å². The van der Waals surface area contributed by atoms with E-state index in [0.29, 0.717) is 12.5 Å². The number of anilines is 1. The molecule has 0 aliphatic carbocycles. The fourth-order valence-corrected chi connectivity index (χ4v) is 2.90. The predicted octanol–water partition coefficient (Wildman–Crippen LogP) is 3.82. The molecule has 1 saturated heterocycles. The van der Waals surface area contributed by atoms with Crippen LogP contribution < -0.4 is 10.6 Å². The van der Waals surface area contributed by atoms with Crippen LogP contribution in [-0.2, 0) is 4.74 Å². The van der Waals surface area contributed by atoms with Crippen molar-refractivity contribution in [1.29, 1.82) is 0 Å². The maximum Gasteiger partial charge on any atom is 0.258 e. The lowest BCUT2D eigenvalue weighted by molar-refractivity contribution is 0.0975. The Hall–Kier alpha value is -2.73. The molecule has 6 heteroatoms. The highest BCUT2D eigenvalue weighted by atomic mass is 19.1. The number of hydrogen-bond acceptors (Lipinski definition) is 3. The van der Waals surface area contributed by atoms with E-state index in [2.05, 4.69) is 15.6 Å². The van der Waals surface area contributed by atoms with Crippen molar-refractivity contribution in [3.63, 3.8) is 0 Å². The number of hydrogen-bond donors (Lipinski definition) is 2. The van der Waals surface area contributed by atoms with E-state index in [-0.39, 0.29) is 11.7 Å². The van der Waals surface area contributed by atoms with Crippen LogP contribution in [0, 0.1) is 19.7 Å². The lowest BCUT2D eigenvalue weighted by Crippen LogP contribution is -2.37. The number of nitrogens with one attached hydrogen (secondary N) is 2. The first-order valence-electron chi connectivity index (χ1n) is 9.08. The Morgan fingerprint density at radius 2 is 2.11 bits per heavy atom. The van der Waals surface area contributed by atoms with E-state index in [1.165, 1.54) is 18.2 Å². The van der Waals surface area contributed by atoms with Crippen LogP contribution in [0.25, 0.3) is 0 Å². The van der Waals surface area contributed by atoms with Gasteiger partial charge in [0.15, 0.2) is 0 Å². The van der Waals surface area contributed by atoms with Gasteiger partial charge in [0.2, 0.25) is 5.96 Å². The summed E-state index contributed by atoms with van der Waals surface area (Å²) in [5.41, 5.74) is 3.23. The van der Waals surface area contributed by atoms with Crippen molar-refractivity contribution >= 4 is 17.6 Å².